The summed E-state index contributed by atoms with van der Waals surface area (Å²) in [5, 5.41) is 10.0. The average molecular weight is 409 g/mol. The van der Waals surface area contributed by atoms with Crippen LogP contribution in [0.2, 0.25) is 0 Å². The van der Waals surface area contributed by atoms with Crippen LogP contribution in [-0.4, -0.2) is 34.9 Å². The van der Waals surface area contributed by atoms with Gasteiger partial charge in [-0.3, -0.25) is 9.59 Å². The molecule has 2 aromatic rings. The summed E-state index contributed by atoms with van der Waals surface area (Å²) >= 11 is 0. The summed E-state index contributed by atoms with van der Waals surface area (Å²) in [5.74, 6) is 0.526. The van der Waals surface area contributed by atoms with Crippen molar-refractivity contribution in [3.05, 3.63) is 59.3 Å². The fourth-order valence-corrected chi connectivity index (χ4v) is 4.84. The van der Waals surface area contributed by atoms with Gasteiger partial charge in [-0.05, 0) is 49.1 Å². The smallest absolute Gasteiger partial charge is 0.290 e. The van der Waals surface area contributed by atoms with Crippen LogP contribution in [0, 0.1) is 5.92 Å². The molecule has 0 saturated heterocycles. The van der Waals surface area contributed by atoms with Gasteiger partial charge in [-0.1, -0.05) is 12.5 Å². The zero-order valence-electron chi connectivity index (χ0n) is 16.7. The summed E-state index contributed by atoms with van der Waals surface area (Å²) in [6, 6.07) is 7.82. The number of phenols is 1. The van der Waals surface area contributed by atoms with Crippen LogP contribution in [0.5, 0.6) is 11.5 Å². The molecule has 3 unspecified atom stereocenters. The Balaban J connectivity index is 1.61. The standard InChI is InChI=1S/C23H23NO6/c1-28-18-11-13(8-9-16(18)25)20-19-21(26)15-6-2-3-7-17(15)30-22(19)23(27)24(20)12-14-5-4-10-29-14/h4-5,8-11,15,17,20,25H,2-3,6-7,12H2,1H3. The molecule has 0 spiro atoms. The van der Waals surface area contributed by atoms with E-state index in [0.29, 0.717) is 16.9 Å². The lowest BCUT2D eigenvalue weighted by Crippen LogP contribution is -2.39. The van der Waals surface area contributed by atoms with Crippen LogP contribution in [0.4, 0.5) is 0 Å². The second kappa shape index (κ2) is 7.23. The maximum atomic E-state index is 13.5. The van der Waals surface area contributed by atoms with Crippen LogP contribution < -0.4 is 4.74 Å². The van der Waals surface area contributed by atoms with E-state index in [1.165, 1.54) is 13.2 Å². The molecule has 1 N–H and O–H groups in total. The lowest BCUT2D eigenvalue weighted by molar-refractivity contribution is -0.135. The molecule has 1 aliphatic carbocycles. The Kier molecular flexibility index (Phi) is 4.53. The number of nitrogens with zero attached hydrogens (tertiary/aromatic N) is 1. The highest BCUT2D eigenvalue weighted by Crippen LogP contribution is 2.48. The van der Waals surface area contributed by atoms with Gasteiger partial charge in [0.2, 0.25) is 0 Å². The first-order chi connectivity index (χ1) is 14.6. The van der Waals surface area contributed by atoms with E-state index < -0.39 is 6.04 Å². The predicted molar refractivity (Wildman–Crippen MR) is 106 cm³/mol. The number of hydrogen-bond acceptors (Lipinski definition) is 6. The van der Waals surface area contributed by atoms with Crippen LogP contribution >= 0.6 is 0 Å². The molecule has 7 heteroatoms. The summed E-state index contributed by atoms with van der Waals surface area (Å²) in [4.78, 5) is 28.5. The molecule has 5 rings (SSSR count). The van der Waals surface area contributed by atoms with Crippen molar-refractivity contribution in [3.63, 3.8) is 0 Å². The van der Waals surface area contributed by atoms with Gasteiger partial charge < -0.3 is 23.9 Å². The van der Waals surface area contributed by atoms with E-state index in [-0.39, 0.29) is 47.5 Å². The molecule has 1 aromatic carbocycles. The van der Waals surface area contributed by atoms with Crippen molar-refractivity contribution in [2.45, 2.75) is 44.4 Å². The molecule has 0 radical (unpaired) electrons. The molecular formula is C23H23NO6. The first kappa shape index (κ1) is 18.8. The molecule has 156 valence electrons. The summed E-state index contributed by atoms with van der Waals surface area (Å²) in [5.41, 5.74) is 1.09. The van der Waals surface area contributed by atoms with E-state index in [9.17, 15) is 14.7 Å². The predicted octanol–water partition coefficient (Wildman–Crippen LogP) is 3.49. The number of benzene rings is 1. The number of phenolic OH excluding ortho intramolecular Hbond substituents is 1. The molecule has 7 nitrogen and oxygen atoms in total. The molecule has 30 heavy (non-hydrogen) atoms. The Bertz CT molecular complexity index is 1020. The third-order valence-corrected chi connectivity index (χ3v) is 6.28. The van der Waals surface area contributed by atoms with E-state index in [2.05, 4.69) is 0 Å². The number of hydrogen-bond donors (Lipinski definition) is 1. The number of methoxy groups -OCH3 is 1. The zero-order chi connectivity index (χ0) is 20.8. The number of ether oxygens (including phenoxy) is 2. The van der Waals surface area contributed by atoms with Gasteiger partial charge in [-0.2, -0.15) is 0 Å². The normalized spacial score (nSPS) is 25.8. The van der Waals surface area contributed by atoms with Crippen LogP contribution in [-0.2, 0) is 20.9 Å². The first-order valence-electron chi connectivity index (χ1n) is 10.2. The maximum absolute atomic E-state index is 13.5. The molecule has 0 bridgehead atoms. The van der Waals surface area contributed by atoms with Gasteiger partial charge in [0.15, 0.2) is 23.0 Å². The van der Waals surface area contributed by atoms with Gasteiger partial charge in [-0.25, -0.2) is 0 Å². The monoisotopic (exact) mass is 409 g/mol. The molecule has 1 aromatic heterocycles. The maximum Gasteiger partial charge on any atom is 0.290 e. The summed E-state index contributed by atoms with van der Waals surface area (Å²) < 4.78 is 16.9. The number of Topliss-reactive ketones (excluding diaryl/α,β-unsaturated/α-hetero) is 1. The van der Waals surface area contributed by atoms with Crippen molar-refractivity contribution in [2.75, 3.05) is 7.11 Å². The minimum absolute atomic E-state index is 0.00377. The molecule has 1 saturated carbocycles. The number of fused-ring (bicyclic) bond motifs is 1. The first-order valence-corrected chi connectivity index (χ1v) is 10.2. The van der Waals surface area contributed by atoms with Crippen molar-refractivity contribution in [2.24, 2.45) is 5.92 Å². The molecule has 3 atom stereocenters. The highest BCUT2D eigenvalue weighted by atomic mass is 16.5. The van der Waals surface area contributed by atoms with E-state index in [4.69, 9.17) is 13.9 Å². The second-order valence-corrected chi connectivity index (χ2v) is 8.00. The third-order valence-electron chi connectivity index (χ3n) is 6.28. The average Bonchev–Trinajstić information content (AvgIpc) is 3.37. The Labute approximate surface area is 173 Å². The third kappa shape index (κ3) is 2.88. The van der Waals surface area contributed by atoms with Crippen molar-refractivity contribution >= 4 is 11.7 Å². The van der Waals surface area contributed by atoms with Gasteiger partial charge in [-0.15, -0.1) is 0 Å². The van der Waals surface area contributed by atoms with Gasteiger partial charge in [0, 0.05) is 0 Å². The molecule has 2 aliphatic heterocycles. The van der Waals surface area contributed by atoms with Gasteiger partial charge in [0.1, 0.15) is 11.9 Å². The van der Waals surface area contributed by atoms with Crippen molar-refractivity contribution < 1.29 is 28.6 Å². The second-order valence-electron chi connectivity index (χ2n) is 8.00. The van der Waals surface area contributed by atoms with Gasteiger partial charge in [0.25, 0.3) is 5.91 Å². The van der Waals surface area contributed by atoms with Crippen LogP contribution in [0.15, 0.2) is 52.3 Å². The number of carbonyl (C=O) groups excluding carboxylic acids is 2. The lowest BCUT2D eigenvalue weighted by atomic mass is 9.77. The largest absolute Gasteiger partial charge is 0.504 e. The zero-order valence-corrected chi connectivity index (χ0v) is 16.7. The highest BCUT2D eigenvalue weighted by molar-refractivity contribution is 6.11. The van der Waals surface area contributed by atoms with Crippen LogP contribution in [0.3, 0.4) is 0 Å². The minimum Gasteiger partial charge on any atom is -0.504 e. The number of furan rings is 1. The molecule has 1 amide bonds. The van der Waals surface area contributed by atoms with Gasteiger partial charge >= 0.3 is 0 Å². The van der Waals surface area contributed by atoms with E-state index in [0.717, 1.165) is 25.7 Å². The number of ketones is 1. The van der Waals surface area contributed by atoms with E-state index in [1.807, 2.05) is 0 Å². The Hall–Kier alpha value is -3.22. The molecule has 3 aliphatic rings. The molecule has 1 fully saturated rings. The topological polar surface area (TPSA) is 89.2 Å². The molecule has 3 heterocycles. The number of carbonyl (C=O) groups is 2. The number of rotatable bonds is 4. The SMILES string of the molecule is COc1cc(C2C3=C(OC4CCCCC4C3=O)C(=O)N2Cc2ccco2)ccc1O. The highest BCUT2D eigenvalue weighted by Gasteiger charge is 2.52. The summed E-state index contributed by atoms with van der Waals surface area (Å²) in [7, 11) is 1.46. The summed E-state index contributed by atoms with van der Waals surface area (Å²) in [6.07, 6.45) is 4.88. The Morgan fingerprint density at radius 1 is 1.20 bits per heavy atom. The number of amides is 1. The van der Waals surface area contributed by atoms with Gasteiger partial charge in [0.05, 0.1) is 37.5 Å². The van der Waals surface area contributed by atoms with E-state index in [1.54, 1.807) is 35.4 Å². The Morgan fingerprint density at radius 3 is 2.80 bits per heavy atom. The fraction of sp³-hybridized carbons (Fsp3) is 0.391. The summed E-state index contributed by atoms with van der Waals surface area (Å²) in [6.45, 7) is 0.207. The Morgan fingerprint density at radius 2 is 2.03 bits per heavy atom. The van der Waals surface area contributed by atoms with E-state index >= 15 is 0 Å². The van der Waals surface area contributed by atoms with Crippen molar-refractivity contribution in [1.82, 2.24) is 4.90 Å². The quantitative estimate of drug-likeness (QED) is 0.832. The van der Waals surface area contributed by atoms with Crippen molar-refractivity contribution in [3.8, 4) is 11.5 Å². The molecular weight excluding hydrogens is 386 g/mol. The van der Waals surface area contributed by atoms with Crippen LogP contribution in [0.1, 0.15) is 43.0 Å². The number of aromatic hydroxyl groups is 1. The lowest BCUT2D eigenvalue weighted by Gasteiger charge is -2.35. The van der Waals surface area contributed by atoms with Crippen LogP contribution in [0.25, 0.3) is 0 Å². The minimum atomic E-state index is -0.623. The van der Waals surface area contributed by atoms with Crippen molar-refractivity contribution in [1.29, 1.82) is 0 Å². The fourth-order valence-electron chi connectivity index (χ4n) is 4.84.